The summed E-state index contributed by atoms with van der Waals surface area (Å²) in [4.78, 5) is 2.51. The zero-order chi connectivity index (χ0) is 10.3. The van der Waals surface area contributed by atoms with Gasteiger partial charge in [0.1, 0.15) is 0 Å². The summed E-state index contributed by atoms with van der Waals surface area (Å²) < 4.78 is 6.46. The van der Waals surface area contributed by atoms with E-state index in [-0.39, 0.29) is 0 Å². The molecule has 2 heterocycles. The molecular weight excluding hydrogens is 254 g/mol. The highest BCUT2D eigenvalue weighted by atomic mass is 79.9. The Bertz CT molecular complexity index is 376. The van der Waals surface area contributed by atoms with Crippen LogP contribution in [0.15, 0.2) is 22.7 Å². The molecule has 0 N–H and O–H groups in total. The van der Waals surface area contributed by atoms with Crippen molar-refractivity contribution in [1.29, 1.82) is 0 Å². The Kier molecular flexibility index (Phi) is 2.45. The third-order valence-electron chi connectivity index (χ3n) is 3.26. The lowest BCUT2D eigenvalue weighted by atomic mass is 9.99. The van der Waals surface area contributed by atoms with Crippen molar-refractivity contribution in [1.82, 2.24) is 0 Å². The standard InChI is InChI=1S/C12H14BrNO/c13-10-3-4-12-9(6-10)2-1-5-14(12)11-7-15-8-11/h3-4,6,11H,1-2,5,7-8H2. The van der Waals surface area contributed by atoms with Gasteiger partial charge in [0, 0.05) is 16.7 Å². The smallest absolute Gasteiger partial charge is 0.0757 e. The molecule has 2 aliphatic heterocycles. The Morgan fingerprint density at radius 1 is 1.33 bits per heavy atom. The van der Waals surface area contributed by atoms with E-state index in [0.717, 1.165) is 13.2 Å². The van der Waals surface area contributed by atoms with Crippen LogP contribution < -0.4 is 4.90 Å². The summed E-state index contributed by atoms with van der Waals surface area (Å²) in [6.45, 7) is 2.98. The summed E-state index contributed by atoms with van der Waals surface area (Å²) >= 11 is 3.54. The van der Waals surface area contributed by atoms with Crippen LogP contribution in [0, 0.1) is 0 Å². The van der Waals surface area contributed by atoms with Crippen molar-refractivity contribution >= 4 is 21.6 Å². The second-order valence-electron chi connectivity index (χ2n) is 4.26. The number of hydrogen-bond acceptors (Lipinski definition) is 2. The van der Waals surface area contributed by atoms with E-state index in [4.69, 9.17) is 4.74 Å². The molecule has 3 heteroatoms. The number of anilines is 1. The van der Waals surface area contributed by atoms with E-state index >= 15 is 0 Å². The van der Waals surface area contributed by atoms with E-state index in [2.05, 4.69) is 39.0 Å². The first kappa shape index (κ1) is 9.67. The molecule has 0 bridgehead atoms. The highest BCUT2D eigenvalue weighted by molar-refractivity contribution is 9.10. The third-order valence-corrected chi connectivity index (χ3v) is 3.75. The fourth-order valence-corrected chi connectivity index (χ4v) is 2.79. The molecule has 80 valence electrons. The van der Waals surface area contributed by atoms with Gasteiger partial charge in [0.2, 0.25) is 0 Å². The lowest BCUT2D eigenvalue weighted by Crippen LogP contribution is -2.51. The molecule has 0 aromatic heterocycles. The van der Waals surface area contributed by atoms with Crippen molar-refractivity contribution in [3.05, 3.63) is 28.2 Å². The van der Waals surface area contributed by atoms with E-state index < -0.39 is 0 Å². The molecule has 0 unspecified atom stereocenters. The van der Waals surface area contributed by atoms with Gasteiger partial charge in [-0.3, -0.25) is 0 Å². The number of ether oxygens (including phenoxy) is 1. The molecule has 0 radical (unpaired) electrons. The minimum absolute atomic E-state index is 0.616. The number of rotatable bonds is 1. The Labute approximate surface area is 98.4 Å². The fourth-order valence-electron chi connectivity index (χ4n) is 2.38. The zero-order valence-corrected chi connectivity index (χ0v) is 10.2. The Morgan fingerprint density at radius 2 is 2.20 bits per heavy atom. The molecule has 1 saturated heterocycles. The number of halogens is 1. The summed E-state index contributed by atoms with van der Waals surface area (Å²) in [6, 6.07) is 7.24. The number of aryl methyl sites for hydroxylation is 1. The van der Waals surface area contributed by atoms with Crippen LogP contribution in [-0.2, 0) is 11.2 Å². The molecule has 2 aliphatic rings. The van der Waals surface area contributed by atoms with Crippen molar-refractivity contribution in [3.8, 4) is 0 Å². The average molecular weight is 268 g/mol. The van der Waals surface area contributed by atoms with E-state index in [0.29, 0.717) is 6.04 Å². The van der Waals surface area contributed by atoms with Crippen molar-refractivity contribution in [2.75, 3.05) is 24.7 Å². The van der Waals surface area contributed by atoms with Crippen LogP contribution in [0.3, 0.4) is 0 Å². The van der Waals surface area contributed by atoms with Gasteiger partial charge in [-0.25, -0.2) is 0 Å². The Hall–Kier alpha value is -0.540. The second-order valence-corrected chi connectivity index (χ2v) is 5.18. The van der Waals surface area contributed by atoms with Crippen molar-refractivity contribution < 1.29 is 4.74 Å². The van der Waals surface area contributed by atoms with Gasteiger partial charge in [-0.15, -0.1) is 0 Å². The Morgan fingerprint density at radius 3 is 2.93 bits per heavy atom. The summed E-state index contributed by atoms with van der Waals surface area (Å²) in [5.74, 6) is 0. The number of hydrogen-bond donors (Lipinski definition) is 0. The molecule has 0 saturated carbocycles. The van der Waals surface area contributed by atoms with Crippen LogP contribution in [0.25, 0.3) is 0 Å². The molecule has 1 aromatic carbocycles. The van der Waals surface area contributed by atoms with Crippen molar-refractivity contribution in [2.24, 2.45) is 0 Å². The van der Waals surface area contributed by atoms with E-state index in [1.54, 1.807) is 0 Å². The summed E-state index contributed by atoms with van der Waals surface area (Å²) in [6.07, 6.45) is 2.47. The number of benzene rings is 1. The molecule has 0 aliphatic carbocycles. The van der Waals surface area contributed by atoms with Crippen LogP contribution in [0.2, 0.25) is 0 Å². The molecule has 0 amide bonds. The molecule has 2 nitrogen and oxygen atoms in total. The highest BCUT2D eigenvalue weighted by Gasteiger charge is 2.29. The molecule has 15 heavy (non-hydrogen) atoms. The SMILES string of the molecule is Brc1ccc2c(c1)CCCN2C1COC1. The van der Waals surface area contributed by atoms with Crippen LogP contribution in [0.1, 0.15) is 12.0 Å². The van der Waals surface area contributed by atoms with Crippen molar-refractivity contribution in [3.63, 3.8) is 0 Å². The van der Waals surface area contributed by atoms with Crippen LogP contribution in [-0.4, -0.2) is 25.8 Å². The predicted molar refractivity (Wildman–Crippen MR) is 64.4 cm³/mol. The lowest BCUT2D eigenvalue weighted by molar-refractivity contribution is 0.00756. The molecule has 0 spiro atoms. The largest absolute Gasteiger partial charge is 0.377 e. The Balaban J connectivity index is 1.95. The molecule has 1 aromatic rings. The lowest BCUT2D eigenvalue weighted by Gasteiger charge is -2.42. The van der Waals surface area contributed by atoms with Gasteiger partial charge < -0.3 is 9.64 Å². The topological polar surface area (TPSA) is 12.5 Å². The minimum atomic E-state index is 0.616. The summed E-state index contributed by atoms with van der Waals surface area (Å²) in [7, 11) is 0. The number of fused-ring (bicyclic) bond motifs is 1. The maximum Gasteiger partial charge on any atom is 0.0757 e. The maximum atomic E-state index is 5.28. The second kappa shape index (κ2) is 3.80. The molecule has 0 atom stereocenters. The minimum Gasteiger partial charge on any atom is -0.377 e. The van der Waals surface area contributed by atoms with Gasteiger partial charge in [0.05, 0.1) is 19.3 Å². The molecule has 1 fully saturated rings. The monoisotopic (exact) mass is 267 g/mol. The number of nitrogens with zero attached hydrogens (tertiary/aromatic N) is 1. The molecular formula is C12H14BrNO. The highest BCUT2D eigenvalue weighted by Crippen LogP contribution is 2.32. The van der Waals surface area contributed by atoms with Crippen molar-refractivity contribution in [2.45, 2.75) is 18.9 Å². The van der Waals surface area contributed by atoms with Gasteiger partial charge in [-0.2, -0.15) is 0 Å². The van der Waals surface area contributed by atoms with Crippen LogP contribution >= 0.6 is 15.9 Å². The fraction of sp³-hybridized carbons (Fsp3) is 0.500. The van der Waals surface area contributed by atoms with Crippen LogP contribution in [0.4, 0.5) is 5.69 Å². The normalized spacial score (nSPS) is 21.0. The molecule has 3 rings (SSSR count). The van der Waals surface area contributed by atoms with E-state index in [1.807, 2.05) is 0 Å². The zero-order valence-electron chi connectivity index (χ0n) is 8.58. The first-order chi connectivity index (χ1) is 7.34. The average Bonchev–Trinajstić information content (AvgIpc) is 2.15. The summed E-state index contributed by atoms with van der Waals surface area (Å²) in [5, 5.41) is 0. The first-order valence-electron chi connectivity index (χ1n) is 5.47. The van der Waals surface area contributed by atoms with E-state index in [1.165, 1.54) is 35.1 Å². The van der Waals surface area contributed by atoms with Gasteiger partial charge in [-0.1, -0.05) is 15.9 Å². The van der Waals surface area contributed by atoms with E-state index in [9.17, 15) is 0 Å². The van der Waals surface area contributed by atoms with Gasteiger partial charge >= 0.3 is 0 Å². The van der Waals surface area contributed by atoms with Gasteiger partial charge in [-0.05, 0) is 36.6 Å². The quantitative estimate of drug-likeness (QED) is 0.776. The first-order valence-corrected chi connectivity index (χ1v) is 6.27. The van der Waals surface area contributed by atoms with Crippen LogP contribution in [0.5, 0.6) is 0 Å². The van der Waals surface area contributed by atoms with Gasteiger partial charge in [0.15, 0.2) is 0 Å². The summed E-state index contributed by atoms with van der Waals surface area (Å²) in [5.41, 5.74) is 2.89. The predicted octanol–water partition coefficient (Wildman–Crippen LogP) is 2.60. The van der Waals surface area contributed by atoms with Gasteiger partial charge in [0.25, 0.3) is 0 Å². The maximum absolute atomic E-state index is 5.28. The third kappa shape index (κ3) is 1.68.